The van der Waals surface area contributed by atoms with Crippen molar-refractivity contribution in [3.63, 3.8) is 0 Å². The summed E-state index contributed by atoms with van der Waals surface area (Å²) in [5, 5.41) is 18.8. The summed E-state index contributed by atoms with van der Waals surface area (Å²) < 4.78 is 5.27. The molecule has 1 aromatic carbocycles. The molecule has 6 nitrogen and oxygen atoms in total. The average molecular weight is 293 g/mol. The molecule has 0 aromatic heterocycles. The zero-order valence-corrected chi connectivity index (χ0v) is 11.9. The Kier molecular flexibility index (Phi) is 4.67. The van der Waals surface area contributed by atoms with Crippen LogP contribution in [-0.2, 0) is 9.59 Å². The number of hydrogen-bond donors (Lipinski definition) is 2. The summed E-state index contributed by atoms with van der Waals surface area (Å²) in [7, 11) is 0. The number of carboxylic acids is 1. The number of piperidine rings is 1. The lowest BCUT2D eigenvalue weighted by atomic mass is 9.92. The number of para-hydroxylation sites is 2. The van der Waals surface area contributed by atoms with Crippen molar-refractivity contribution in [3.8, 4) is 11.5 Å². The van der Waals surface area contributed by atoms with Gasteiger partial charge in [-0.1, -0.05) is 19.1 Å². The minimum absolute atomic E-state index is 0.0487. The number of phenols is 1. The second kappa shape index (κ2) is 6.47. The molecule has 0 spiro atoms. The topological polar surface area (TPSA) is 87.1 Å². The summed E-state index contributed by atoms with van der Waals surface area (Å²) in [6.07, 6.45) is 1.24. The highest BCUT2D eigenvalue weighted by Crippen LogP contribution is 2.26. The first kappa shape index (κ1) is 15.2. The van der Waals surface area contributed by atoms with Crippen LogP contribution >= 0.6 is 0 Å². The molecule has 1 amide bonds. The fourth-order valence-corrected chi connectivity index (χ4v) is 2.48. The largest absolute Gasteiger partial charge is 0.504 e. The van der Waals surface area contributed by atoms with Gasteiger partial charge in [-0.2, -0.15) is 0 Å². The third kappa shape index (κ3) is 3.65. The molecule has 2 rings (SSSR count). The van der Waals surface area contributed by atoms with Crippen molar-refractivity contribution in [3.05, 3.63) is 24.3 Å². The Hall–Kier alpha value is -2.24. The van der Waals surface area contributed by atoms with Crippen molar-refractivity contribution in [2.24, 2.45) is 5.92 Å². The van der Waals surface area contributed by atoms with Crippen LogP contribution < -0.4 is 4.74 Å². The van der Waals surface area contributed by atoms with Crippen molar-refractivity contribution in [2.75, 3.05) is 13.2 Å². The molecule has 1 aromatic rings. The van der Waals surface area contributed by atoms with Crippen molar-refractivity contribution in [1.82, 2.24) is 4.90 Å². The third-order valence-electron chi connectivity index (χ3n) is 3.69. The molecule has 1 heterocycles. The van der Waals surface area contributed by atoms with Crippen LogP contribution in [0.5, 0.6) is 11.5 Å². The van der Waals surface area contributed by atoms with E-state index in [1.807, 2.05) is 6.92 Å². The molecule has 0 bridgehead atoms. The number of benzene rings is 1. The van der Waals surface area contributed by atoms with Gasteiger partial charge in [0.05, 0.1) is 0 Å². The standard InChI is InChI=1S/C15H19NO5/c1-10-6-7-16(11(8-10)15(19)20)14(18)9-21-13-5-3-2-4-12(13)17/h2-5,10-11,17H,6-9H2,1H3,(H,19,20). The van der Waals surface area contributed by atoms with E-state index in [-0.39, 0.29) is 29.9 Å². The Balaban J connectivity index is 1.99. The summed E-state index contributed by atoms with van der Waals surface area (Å²) >= 11 is 0. The molecule has 1 saturated heterocycles. The van der Waals surface area contributed by atoms with Crippen LogP contribution in [0.15, 0.2) is 24.3 Å². The molecule has 114 valence electrons. The van der Waals surface area contributed by atoms with E-state index in [9.17, 15) is 19.8 Å². The molecule has 2 unspecified atom stereocenters. The minimum atomic E-state index is -0.988. The summed E-state index contributed by atoms with van der Waals surface area (Å²) in [5.41, 5.74) is 0. The predicted octanol–water partition coefficient (Wildman–Crippen LogP) is 1.48. The summed E-state index contributed by atoms with van der Waals surface area (Å²) in [5.74, 6) is -0.917. The molecule has 0 saturated carbocycles. The Labute approximate surface area is 122 Å². The smallest absolute Gasteiger partial charge is 0.326 e. The molecule has 1 fully saturated rings. The number of aliphatic carboxylic acids is 1. The van der Waals surface area contributed by atoms with Gasteiger partial charge in [-0.3, -0.25) is 4.79 Å². The monoisotopic (exact) mass is 293 g/mol. The number of amides is 1. The maximum atomic E-state index is 12.2. The van der Waals surface area contributed by atoms with E-state index in [1.54, 1.807) is 18.2 Å². The molecule has 2 N–H and O–H groups in total. The van der Waals surface area contributed by atoms with Crippen molar-refractivity contribution < 1.29 is 24.5 Å². The Morgan fingerprint density at radius 3 is 2.76 bits per heavy atom. The summed E-state index contributed by atoms with van der Waals surface area (Å²) in [4.78, 5) is 24.8. The SMILES string of the molecule is CC1CCN(C(=O)COc2ccccc2O)C(C(=O)O)C1. The van der Waals surface area contributed by atoms with Gasteiger partial charge in [0.15, 0.2) is 18.1 Å². The van der Waals surface area contributed by atoms with Gasteiger partial charge in [0.25, 0.3) is 5.91 Å². The van der Waals surface area contributed by atoms with Crippen molar-refractivity contribution in [2.45, 2.75) is 25.8 Å². The number of rotatable bonds is 4. The first-order chi connectivity index (χ1) is 9.99. The predicted molar refractivity (Wildman–Crippen MR) is 75.1 cm³/mol. The van der Waals surface area contributed by atoms with Gasteiger partial charge < -0.3 is 19.8 Å². The fraction of sp³-hybridized carbons (Fsp3) is 0.467. The quantitative estimate of drug-likeness (QED) is 0.878. The normalized spacial score (nSPS) is 21.9. The Morgan fingerprint density at radius 1 is 1.38 bits per heavy atom. The van der Waals surface area contributed by atoms with Gasteiger partial charge >= 0.3 is 5.97 Å². The van der Waals surface area contributed by atoms with E-state index in [0.717, 1.165) is 6.42 Å². The molecule has 1 aliphatic rings. The van der Waals surface area contributed by atoms with Crippen molar-refractivity contribution >= 4 is 11.9 Å². The van der Waals surface area contributed by atoms with Gasteiger partial charge in [0.1, 0.15) is 6.04 Å². The lowest BCUT2D eigenvalue weighted by Gasteiger charge is -2.35. The molecular weight excluding hydrogens is 274 g/mol. The highest BCUT2D eigenvalue weighted by molar-refractivity contribution is 5.84. The van der Waals surface area contributed by atoms with E-state index < -0.39 is 12.0 Å². The first-order valence-corrected chi connectivity index (χ1v) is 6.92. The van der Waals surface area contributed by atoms with E-state index in [0.29, 0.717) is 13.0 Å². The van der Waals surface area contributed by atoms with Crippen LogP contribution in [0.4, 0.5) is 0 Å². The first-order valence-electron chi connectivity index (χ1n) is 6.92. The lowest BCUT2D eigenvalue weighted by Crippen LogP contribution is -2.51. The zero-order valence-electron chi connectivity index (χ0n) is 11.9. The highest BCUT2D eigenvalue weighted by atomic mass is 16.5. The molecule has 1 aliphatic heterocycles. The Bertz CT molecular complexity index is 531. The van der Waals surface area contributed by atoms with Crippen molar-refractivity contribution in [1.29, 1.82) is 0 Å². The number of hydrogen-bond acceptors (Lipinski definition) is 4. The summed E-state index contributed by atoms with van der Waals surface area (Å²) in [6.45, 7) is 2.12. The van der Waals surface area contributed by atoms with Crippen LogP contribution in [0.25, 0.3) is 0 Å². The Morgan fingerprint density at radius 2 is 2.10 bits per heavy atom. The van der Waals surface area contributed by atoms with E-state index in [4.69, 9.17) is 4.74 Å². The number of carbonyl (C=O) groups is 2. The number of carbonyl (C=O) groups excluding carboxylic acids is 1. The lowest BCUT2D eigenvalue weighted by molar-refractivity contribution is -0.153. The van der Waals surface area contributed by atoms with Gasteiger partial charge in [-0.15, -0.1) is 0 Å². The molecule has 21 heavy (non-hydrogen) atoms. The van der Waals surface area contributed by atoms with Gasteiger partial charge in [-0.05, 0) is 30.9 Å². The number of likely N-dealkylation sites (tertiary alicyclic amines) is 1. The number of phenolic OH excluding ortho intramolecular Hbond substituents is 1. The van der Waals surface area contributed by atoms with E-state index >= 15 is 0 Å². The second-order valence-corrected chi connectivity index (χ2v) is 5.33. The summed E-state index contributed by atoms with van der Waals surface area (Å²) in [6, 6.07) is 5.55. The fourth-order valence-electron chi connectivity index (χ4n) is 2.48. The van der Waals surface area contributed by atoms with Gasteiger partial charge in [0.2, 0.25) is 0 Å². The molecule has 0 aliphatic carbocycles. The van der Waals surface area contributed by atoms with Gasteiger partial charge in [0, 0.05) is 6.54 Å². The number of aromatic hydroxyl groups is 1. The van der Waals surface area contributed by atoms with Crippen LogP contribution in [0, 0.1) is 5.92 Å². The molecule has 0 radical (unpaired) electrons. The van der Waals surface area contributed by atoms with Gasteiger partial charge in [-0.25, -0.2) is 4.79 Å². The zero-order chi connectivity index (χ0) is 15.4. The molecule has 6 heteroatoms. The van der Waals surface area contributed by atoms with Crippen LogP contribution in [0.3, 0.4) is 0 Å². The van der Waals surface area contributed by atoms with Crippen LogP contribution in [0.2, 0.25) is 0 Å². The number of carboxylic acid groups (broad SMARTS) is 1. The van der Waals surface area contributed by atoms with Crippen LogP contribution in [0.1, 0.15) is 19.8 Å². The van der Waals surface area contributed by atoms with E-state index in [1.165, 1.54) is 11.0 Å². The maximum absolute atomic E-state index is 12.2. The molecule has 2 atom stereocenters. The second-order valence-electron chi connectivity index (χ2n) is 5.33. The average Bonchev–Trinajstić information content (AvgIpc) is 2.46. The van der Waals surface area contributed by atoms with Crippen LogP contribution in [-0.4, -0.2) is 46.2 Å². The molecular formula is C15H19NO5. The number of nitrogens with zero attached hydrogens (tertiary/aromatic N) is 1. The third-order valence-corrected chi connectivity index (χ3v) is 3.69. The minimum Gasteiger partial charge on any atom is -0.504 e. The maximum Gasteiger partial charge on any atom is 0.326 e. The highest BCUT2D eigenvalue weighted by Gasteiger charge is 2.34. The van der Waals surface area contributed by atoms with E-state index in [2.05, 4.69) is 0 Å². The number of ether oxygens (including phenoxy) is 1.